The van der Waals surface area contributed by atoms with Crippen molar-refractivity contribution in [2.75, 3.05) is 37.5 Å². The number of benzene rings is 2. The molecule has 0 bridgehead atoms. The van der Waals surface area contributed by atoms with E-state index in [1.165, 1.54) is 0 Å². The van der Waals surface area contributed by atoms with Gasteiger partial charge in [-0.3, -0.25) is 9.59 Å². The van der Waals surface area contributed by atoms with Crippen LogP contribution in [0.5, 0.6) is 0 Å². The van der Waals surface area contributed by atoms with Crippen molar-refractivity contribution in [2.24, 2.45) is 17.8 Å². The lowest BCUT2D eigenvalue weighted by Crippen LogP contribution is -2.45. The molecule has 1 saturated carbocycles. The van der Waals surface area contributed by atoms with Crippen LogP contribution in [0.4, 0.5) is 28.9 Å². The Morgan fingerprint density at radius 2 is 1.87 bits per heavy atom. The van der Waals surface area contributed by atoms with Gasteiger partial charge in [0.25, 0.3) is 0 Å². The molecule has 3 N–H and O–H groups in total. The zero-order valence-electron chi connectivity index (χ0n) is 20.8. The van der Waals surface area contributed by atoms with Crippen molar-refractivity contribution in [3.05, 3.63) is 59.4 Å². The number of carbonyl (C=O) groups is 2. The van der Waals surface area contributed by atoms with Crippen LogP contribution in [0, 0.1) is 23.6 Å². The summed E-state index contributed by atoms with van der Waals surface area (Å²) in [4.78, 5) is 25.8. The third-order valence-corrected chi connectivity index (χ3v) is 7.30. The summed E-state index contributed by atoms with van der Waals surface area (Å²) in [6, 6.07) is 9.00. The average Bonchev–Trinajstić information content (AvgIpc) is 3.41. The fraction of sp³-hybridized carbons (Fsp3) is 0.481. The first-order valence-corrected chi connectivity index (χ1v) is 12.4. The van der Waals surface area contributed by atoms with E-state index < -0.39 is 59.0 Å². The summed E-state index contributed by atoms with van der Waals surface area (Å²) >= 11 is 0. The van der Waals surface area contributed by atoms with Gasteiger partial charge in [0.2, 0.25) is 5.91 Å². The van der Waals surface area contributed by atoms with Gasteiger partial charge in [0.1, 0.15) is 5.82 Å². The minimum Gasteiger partial charge on any atom is -0.481 e. The number of halogens is 4. The Morgan fingerprint density at radius 1 is 1.13 bits per heavy atom. The first-order chi connectivity index (χ1) is 18.1. The second-order valence-electron chi connectivity index (χ2n) is 9.79. The minimum atomic E-state index is -4.74. The molecular formula is C27H30F4N2O5. The van der Waals surface area contributed by atoms with Crippen LogP contribution < -0.4 is 10.6 Å². The molecule has 2 aromatic carbocycles. The largest absolute Gasteiger partial charge is 0.481 e. The number of carbonyl (C=O) groups excluding carboxylic acids is 1. The third kappa shape index (κ3) is 6.44. The number of anilines is 2. The Morgan fingerprint density at radius 3 is 2.45 bits per heavy atom. The Kier molecular flexibility index (Phi) is 8.57. The highest BCUT2D eigenvalue weighted by atomic mass is 19.4. The van der Waals surface area contributed by atoms with Crippen LogP contribution in [-0.2, 0) is 25.2 Å². The van der Waals surface area contributed by atoms with Crippen molar-refractivity contribution in [3.8, 4) is 0 Å². The number of hydrogen-bond donors (Lipinski definition) is 3. The van der Waals surface area contributed by atoms with Gasteiger partial charge in [-0.1, -0.05) is 12.1 Å². The predicted molar refractivity (Wildman–Crippen MR) is 131 cm³/mol. The molecule has 4 rings (SSSR count). The molecule has 2 fully saturated rings. The maximum atomic E-state index is 14.5. The number of carboxylic acids is 1. The Hall–Kier alpha value is -3.18. The zero-order chi connectivity index (χ0) is 27.4. The van der Waals surface area contributed by atoms with Crippen molar-refractivity contribution in [1.82, 2.24) is 0 Å². The Bertz CT molecular complexity index is 1140. The molecule has 5 atom stereocenters. The van der Waals surface area contributed by atoms with E-state index in [1.807, 2.05) is 0 Å². The maximum Gasteiger partial charge on any atom is 0.416 e. The Balaban J connectivity index is 1.60. The van der Waals surface area contributed by atoms with Crippen LogP contribution in [0.25, 0.3) is 0 Å². The number of aliphatic carboxylic acids is 1. The molecule has 1 saturated heterocycles. The van der Waals surface area contributed by atoms with Crippen LogP contribution in [0.2, 0.25) is 0 Å². The quantitative estimate of drug-likeness (QED) is 0.403. The first kappa shape index (κ1) is 27.8. The Labute approximate surface area is 217 Å². The van der Waals surface area contributed by atoms with Crippen LogP contribution in [-0.4, -0.2) is 50.0 Å². The molecule has 0 radical (unpaired) electrons. The van der Waals surface area contributed by atoms with E-state index in [1.54, 1.807) is 31.3 Å². The average molecular weight is 539 g/mol. The molecule has 2 aromatic rings. The molecule has 1 aliphatic carbocycles. The van der Waals surface area contributed by atoms with E-state index in [2.05, 4.69) is 10.6 Å². The highest BCUT2D eigenvalue weighted by Crippen LogP contribution is 2.44. The number of alkyl halides is 3. The van der Waals surface area contributed by atoms with Gasteiger partial charge < -0.3 is 25.2 Å². The highest BCUT2D eigenvalue weighted by Gasteiger charge is 2.46. The standard InChI is InChI=1S/C27H30F4N2O5/c1-32-18-5-2-16(3-6-18)20-11-19(38-14-15-8-9-37-13-15)12-21(24(20)26(35)36)25(34)33-23-7-4-17(10-22(23)28)27(29,30)31/h2-7,10,15,19-21,24,32H,8-9,11-14H2,1H3,(H,33,34)(H,35,36)/t15-,19?,20?,21?,24?/m0/s1. The lowest BCUT2D eigenvalue weighted by molar-refractivity contribution is -0.152. The molecule has 1 heterocycles. The molecule has 206 valence electrons. The molecule has 2 aliphatic rings. The smallest absolute Gasteiger partial charge is 0.416 e. The molecule has 11 heteroatoms. The number of carboxylic acid groups (broad SMARTS) is 1. The lowest BCUT2D eigenvalue weighted by Gasteiger charge is -2.39. The van der Waals surface area contributed by atoms with Gasteiger partial charge in [0.05, 0.1) is 42.4 Å². The zero-order valence-corrected chi connectivity index (χ0v) is 20.8. The summed E-state index contributed by atoms with van der Waals surface area (Å²) in [6.45, 7) is 1.61. The predicted octanol–water partition coefficient (Wildman–Crippen LogP) is 5.14. The van der Waals surface area contributed by atoms with Crippen LogP contribution >= 0.6 is 0 Å². The van der Waals surface area contributed by atoms with Gasteiger partial charge in [-0.15, -0.1) is 0 Å². The first-order valence-electron chi connectivity index (χ1n) is 12.4. The van der Waals surface area contributed by atoms with Crippen LogP contribution in [0.15, 0.2) is 42.5 Å². The number of amides is 1. The lowest BCUT2D eigenvalue weighted by atomic mass is 9.67. The summed E-state index contributed by atoms with van der Waals surface area (Å²) in [5, 5.41) is 15.5. The van der Waals surface area contributed by atoms with Crippen LogP contribution in [0.1, 0.15) is 36.3 Å². The molecule has 1 amide bonds. The van der Waals surface area contributed by atoms with Crippen molar-refractivity contribution in [1.29, 1.82) is 0 Å². The summed E-state index contributed by atoms with van der Waals surface area (Å²) in [6.07, 6.45) is -3.91. The summed E-state index contributed by atoms with van der Waals surface area (Å²) in [5.41, 5.74) is -0.0957. The van der Waals surface area contributed by atoms with Gasteiger partial charge in [0.15, 0.2) is 0 Å². The van der Waals surface area contributed by atoms with E-state index in [4.69, 9.17) is 9.47 Å². The molecular weight excluding hydrogens is 508 g/mol. The molecule has 0 spiro atoms. The number of hydrogen-bond acceptors (Lipinski definition) is 5. The monoisotopic (exact) mass is 538 g/mol. The topological polar surface area (TPSA) is 96.9 Å². The van der Waals surface area contributed by atoms with Crippen LogP contribution in [0.3, 0.4) is 0 Å². The highest BCUT2D eigenvalue weighted by molar-refractivity contribution is 5.95. The van der Waals surface area contributed by atoms with Crippen molar-refractivity contribution in [2.45, 2.75) is 37.5 Å². The third-order valence-electron chi connectivity index (χ3n) is 7.30. The molecule has 38 heavy (non-hydrogen) atoms. The summed E-state index contributed by atoms with van der Waals surface area (Å²) < 4.78 is 64.8. The normalized spacial score (nSPS) is 25.7. The minimum absolute atomic E-state index is 0.0731. The van der Waals surface area contributed by atoms with Crippen molar-refractivity contribution < 1.29 is 41.7 Å². The van der Waals surface area contributed by atoms with Gasteiger partial charge in [-0.05, 0) is 55.2 Å². The SMILES string of the molecule is CNc1ccc(C2CC(OC[C@H]3CCOC3)CC(C(=O)Nc3ccc(C(F)(F)F)cc3F)C2C(=O)O)cc1. The van der Waals surface area contributed by atoms with Gasteiger partial charge >= 0.3 is 12.1 Å². The van der Waals surface area contributed by atoms with E-state index >= 15 is 0 Å². The second kappa shape index (κ2) is 11.7. The second-order valence-corrected chi connectivity index (χ2v) is 9.79. The molecule has 1 aliphatic heterocycles. The van der Waals surface area contributed by atoms with E-state index in [0.717, 1.165) is 18.2 Å². The fourth-order valence-corrected chi connectivity index (χ4v) is 5.23. The summed E-state index contributed by atoms with van der Waals surface area (Å²) in [7, 11) is 1.76. The maximum absolute atomic E-state index is 14.5. The van der Waals surface area contributed by atoms with Gasteiger partial charge in [0, 0.05) is 31.2 Å². The molecule has 0 aromatic heterocycles. The number of nitrogens with one attached hydrogen (secondary N) is 2. The van der Waals surface area contributed by atoms with Gasteiger partial charge in [-0.2, -0.15) is 13.2 Å². The van der Waals surface area contributed by atoms with Gasteiger partial charge in [-0.25, -0.2) is 4.39 Å². The van der Waals surface area contributed by atoms with E-state index in [0.29, 0.717) is 43.9 Å². The molecule has 4 unspecified atom stereocenters. The fourth-order valence-electron chi connectivity index (χ4n) is 5.23. The van der Waals surface area contributed by atoms with Crippen molar-refractivity contribution >= 4 is 23.3 Å². The number of rotatable bonds is 8. The summed E-state index contributed by atoms with van der Waals surface area (Å²) in [5.74, 6) is -5.87. The van der Waals surface area contributed by atoms with E-state index in [-0.39, 0.29) is 12.3 Å². The number of ether oxygens (including phenoxy) is 2. The van der Waals surface area contributed by atoms with E-state index in [9.17, 15) is 32.3 Å². The van der Waals surface area contributed by atoms with Crippen molar-refractivity contribution in [3.63, 3.8) is 0 Å². The molecule has 7 nitrogen and oxygen atoms in total.